The molecular weight excluding hydrogens is 396 g/mol. The molecule has 8 nitrogen and oxygen atoms in total. The number of carbonyl (C=O) groups is 2. The summed E-state index contributed by atoms with van der Waals surface area (Å²) in [4.78, 5) is 40.7. The Balaban J connectivity index is 2.29. The van der Waals surface area contributed by atoms with Gasteiger partial charge in [-0.25, -0.2) is 0 Å². The predicted molar refractivity (Wildman–Crippen MR) is 120 cm³/mol. The Morgan fingerprint density at radius 3 is 2.29 bits per heavy atom. The SMILES string of the molecule is CC[C@@H](C)n1cc(C(=O)NCc2ccco2)c(=O)c(C(=O)NCC(C)(C)CN(C)C)c1. The van der Waals surface area contributed by atoms with Gasteiger partial charge in [0, 0.05) is 31.5 Å². The second-order valence-corrected chi connectivity index (χ2v) is 8.97. The summed E-state index contributed by atoms with van der Waals surface area (Å²) in [6.07, 6.45) is 5.35. The molecule has 0 spiro atoms. The summed E-state index contributed by atoms with van der Waals surface area (Å²) < 4.78 is 6.97. The van der Waals surface area contributed by atoms with E-state index in [0.29, 0.717) is 12.3 Å². The van der Waals surface area contributed by atoms with Crippen molar-refractivity contribution in [2.45, 2.75) is 46.7 Å². The molecule has 0 unspecified atom stereocenters. The van der Waals surface area contributed by atoms with Crippen molar-refractivity contribution in [1.82, 2.24) is 20.1 Å². The third kappa shape index (κ3) is 6.82. The summed E-state index contributed by atoms with van der Waals surface area (Å²) in [5.41, 5.74) is -0.856. The second kappa shape index (κ2) is 10.4. The van der Waals surface area contributed by atoms with E-state index in [2.05, 4.69) is 10.6 Å². The van der Waals surface area contributed by atoms with Gasteiger partial charge in [-0.3, -0.25) is 14.4 Å². The highest BCUT2D eigenvalue weighted by molar-refractivity contribution is 5.99. The molecule has 0 aliphatic carbocycles. The van der Waals surface area contributed by atoms with E-state index < -0.39 is 17.2 Å². The van der Waals surface area contributed by atoms with Gasteiger partial charge in [0.1, 0.15) is 16.9 Å². The number of hydrogen-bond donors (Lipinski definition) is 2. The van der Waals surface area contributed by atoms with Gasteiger partial charge in [0.15, 0.2) is 0 Å². The van der Waals surface area contributed by atoms with Crippen LogP contribution in [0.25, 0.3) is 0 Å². The maximum Gasteiger partial charge on any atom is 0.257 e. The van der Waals surface area contributed by atoms with Crippen LogP contribution in [0.4, 0.5) is 0 Å². The zero-order valence-corrected chi connectivity index (χ0v) is 19.3. The van der Waals surface area contributed by atoms with Gasteiger partial charge in [-0.05, 0) is 45.0 Å². The Morgan fingerprint density at radius 2 is 1.77 bits per heavy atom. The van der Waals surface area contributed by atoms with Crippen LogP contribution in [0.1, 0.15) is 66.6 Å². The highest BCUT2D eigenvalue weighted by Gasteiger charge is 2.24. The Hall–Kier alpha value is -2.87. The van der Waals surface area contributed by atoms with Crippen LogP contribution in [-0.2, 0) is 6.54 Å². The number of hydrogen-bond acceptors (Lipinski definition) is 5. The molecule has 0 aliphatic heterocycles. The van der Waals surface area contributed by atoms with E-state index in [4.69, 9.17) is 4.42 Å². The lowest BCUT2D eigenvalue weighted by Gasteiger charge is -2.28. The van der Waals surface area contributed by atoms with E-state index in [0.717, 1.165) is 13.0 Å². The number of pyridine rings is 1. The first-order valence-corrected chi connectivity index (χ1v) is 10.5. The zero-order chi connectivity index (χ0) is 23.2. The van der Waals surface area contributed by atoms with E-state index in [1.54, 1.807) is 16.7 Å². The monoisotopic (exact) mass is 430 g/mol. The minimum Gasteiger partial charge on any atom is -0.467 e. The molecule has 170 valence electrons. The second-order valence-electron chi connectivity index (χ2n) is 8.97. The smallest absolute Gasteiger partial charge is 0.257 e. The first-order valence-electron chi connectivity index (χ1n) is 10.5. The molecule has 2 amide bonds. The average Bonchev–Trinajstić information content (AvgIpc) is 3.22. The summed E-state index contributed by atoms with van der Waals surface area (Å²) in [6, 6.07) is 3.48. The minimum absolute atomic E-state index is 0.0222. The van der Waals surface area contributed by atoms with Crippen LogP contribution in [-0.4, -0.2) is 48.5 Å². The van der Waals surface area contributed by atoms with Gasteiger partial charge in [0.05, 0.1) is 12.8 Å². The molecule has 0 saturated carbocycles. The quantitative estimate of drug-likeness (QED) is 0.604. The van der Waals surface area contributed by atoms with Crippen molar-refractivity contribution in [1.29, 1.82) is 0 Å². The van der Waals surface area contributed by atoms with Crippen molar-refractivity contribution < 1.29 is 14.0 Å². The molecule has 2 heterocycles. The summed E-state index contributed by atoms with van der Waals surface area (Å²) >= 11 is 0. The first-order chi connectivity index (χ1) is 14.5. The third-order valence-electron chi connectivity index (χ3n) is 5.11. The molecule has 0 fully saturated rings. The molecular formula is C23H34N4O4. The Bertz CT molecular complexity index is 945. The maximum absolute atomic E-state index is 13.0. The molecule has 8 heteroatoms. The summed E-state index contributed by atoms with van der Waals surface area (Å²) in [6.45, 7) is 9.40. The molecule has 0 saturated heterocycles. The number of nitrogens with zero attached hydrogens (tertiary/aromatic N) is 2. The maximum atomic E-state index is 13.0. The van der Waals surface area contributed by atoms with E-state index in [1.165, 1.54) is 18.7 Å². The topological polar surface area (TPSA) is 96.6 Å². The van der Waals surface area contributed by atoms with Crippen molar-refractivity contribution in [2.75, 3.05) is 27.2 Å². The number of amides is 2. The molecule has 31 heavy (non-hydrogen) atoms. The largest absolute Gasteiger partial charge is 0.467 e. The molecule has 2 aromatic heterocycles. The fourth-order valence-corrected chi connectivity index (χ4v) is 3.39. The van der Waals surface area contributed by atoms with Crippen LogP contribution in [0.5, 0.6) is 0 Å². The molecule has 0 bridgehead atoms. The normalized spacial score (nSPS) is 12.6. The lowest BCUT2D eigenvalue weighted by atomic mass is 9.93. The lowest BCUT2D eigenvalue weighted by Crippen LogP contribution is -2.42. The molecule has 2 rings (SSSR count). The van der Waals surface area contributed by atoms with Gasteiger partial charge in [-0.2, -0.15) is 0 Å². The molecule has 0 radical (unpaired) electrons. The van der Waals surface area contributed by atoms with Crippen LogP contribution in [0.2, 0.25) is 0 Å². The average molecular weight is 431 g/mol. The fourth-order valence-electron chi connectivity index (χ4n) is 3.39. The van der Waals surface area contributed by atoms with Crippen molar-refractivity contribution in [3.8, 4) is 0 Å². The minimum atomic E-state index is -0.584. The third-order valence-corrected chi connectivity index (χ3v) is 5.11. The van der Waals surface area contributed by atoms with Crippen molar-refractivity contribution in [2.24, 2.45) is 5.41 Å². The van der Waals surface area contributed by atoms with Gasteiger partial charge in [0.25, 0.3) is 11.8 Å². The Morgan fingerprint density at radius 1 is 1.16 bits per heavy atom. The van der Waals surface area contributed by atoms with Crippen LogP contribution in [0.3, 0.4) is 0 Å². The fraction of sp³-hybridized carbons (Fsp3) is 0.522. The highest BCUT2D eigenvalue weighted by atomic mass is 16.3. The standard InChI is InChI=1S/C23H34N4O4/c1-7-16(2)27-12-18(21(29)24-11-17-9-8-10-31-17)20(28)19(13-27)22(30)25-14-23(3,4)15-26(5)6/h8-10,12-13,16H,7,11,14-15H2,1-6H3,(H,24,29)(H,25,30)/t16-/m1/s1. The van der Waals surface area contributed by atoms with Gasteiger partial charge >= 0.3 is 0 Å². The summed E-state index contributed by atoms with van der Waals surface area (Å²) in [5, 5.41) is 5.55. The van der Waals surface area contributed by atoms with Gasteiger partial charge < -0.3 is 24.5 Å². The van der Waals surface area contributed by atoms with E-state index in [1.807, 2.05) is 46.7 Å². The lowest BCUT2D eigenvalue weighted by molar-refractivity contribution is 0.0927. The van der Waals surface area contributed by atoms with Gasteiger partial charge in [0.2, 0.25) is 5.43 Å². The van der Waals surface area contributed by atoms with Crippen molar-refractivity contribution in [3.05, 3.63) is 57.9 Å². The molecule has 1 atom stereocenters. The molecule has 0 aliphatic rings. The van der Waals surface area contributed by atoms with Crippen LogP contribution in [0.15, 0.2) is 40.0 Å². The van der Waals surface area contributed by atoms with Crippen molar-refractivity contribution in [3.63, 3.8) is 0 Å². The molecule has 2 N–H and O–H groups in total. The van der Waals surface area contributed by atoms with Crippen LogP contribution >= 0.6 is 0 Å². The Labute approximate surface area is 183 Å². The Kier molecular flexibility index (Phi) is 8.21. The highest BCUT2D eigenvalue weighted by Crippen LogP contribution is 2.15. The first kappa shape index (κ1) is 24.4. The van der Waals surface area contributed by atoms with Gasteiger partial charge in [-0.15, -0.1) is 0 Å². The predicted octanol–water partition coefficient (Wildman–Crippen LogP) is 2.66. The number of furan rings is 1. The zero-order valence-electron chi connectivity index (χ0n) is 19.3. The van der Waals surface area contributed by atoms with E-state index in [-0.39, 0.29) is 29.1 Å². The number of nitrogens with one attached hydrogen (secondary N) is 2. The van der Waals surface area contributed by atoms with E-state index in [9.17, 15) is 14.4 Å². The number of aromatic nitrogens is 1. The summed E-state index contributed by atoms with van der Waals surface area (Å²) in [5.74, 6) is -0.441. The molecule has 0 aromatic carbocycles. The summed E-state index contributed by atoms with van der Waals surface area (Å²) in [7, 11) is 3.94. The van der Waals surface area contributed by atoms with E-state index >= 15 is 0 Å². The van der Waals surface area contributed by atoms with Crippen LogP contribution in [0, 0.1) is 5.41 Å². The van der Waals surface area contributed by atoms with Gasteiger partial charge in [-0.1, -0.05) is 20.8 Å². The van der Waals surface area contributed by atoms with Crippen LogP contribution < -0.4 is 16.1 Å². The number of carbonyl (C=O) groups excluding carboxylic acids is 2. The number of rotatable bonds is 10. The van der Waals surface area contributed by atoms with Crippen molar-refractivity contribution >= 4 is 11.8 Å². The molecule has 2 aromatic rings.